The van der Waals surface area contributed by atoms with E-state index in [9.17, 15) is 5.11 Å². The van der Waals surface area contributed by atoms with Gasteiger partial charge in [-0.1, -0.05) is 12.8 Å². The third-order valence-corrected chi connectivity index (χ3v) is 5.21. The Labute approximate surface area is 116 Å². The fraction of sp³-hybridized carbons (Fsp3) is 0.692. The third-order valence-electron chi connectivity index (χ3n) is 3.66. The summed E-state index contributed by atoms with van der Waals surface area (Å²) in [5.74, 6) is 1.18. The van der Waals surface area contributed by atoms with Gasteiger partial charge in [0.2, 0.25) is 0 Å². The highest BCUT2D eigenvalue weighted by Crippen LogP contribution is 2.29. The van der Waals surface area contributed by atoms with Gasteiger partial charge in [0.1, 0.15) is 0 Å². The van der Waals surface area contributed by atoms with Crippen LogP contribution in [-0.4, -0.2) is 18.3 Å². The molecule has 0 radical (unpaired) electrons. The van der Waals surface area contributed by atoms with Crippen LogP contribution < -0.4 is 5.32 Å². The van der Waals surface area contributed by atoms with E-state index in [1.165, 1.54) is 35.0 Å². The molecule has 1 fully saturated rings. The first-order valence-corrected chi connectivity index (χ1v) is 8.01. The van der Waals surface area contributed by atoms with Crippen LogP contribution in [0.2, 0.25) is 0 Å². The maximum absolute atomic E-state index is 9.35. The molecule has 0 aromatic carbocycles. The number of nitrogens with one attached hydrogen (secondary N) is 1. The zero-order valence-electron chi connectivity index (χ0n) is 9.99. The van der Waals surface area contributed by atoms with Crippen molar-refractivity contribution in [2.75, 3.05) is 13.2 Å². The highest BCUT2D eigenvalue weighted by Gasteiger charge is 2.23. The van der Waals surface area contributed by atoms with E-state index in [0.29, 0.717) is 18.4 Å². The van der Waals surface area contributed by atoms with Crippen molar-refractivity contribution in [3.8, 4) is 0 Å². The van der Waals surface area contributed by atoms with Gasteiger partial charge in [-0.15, -0.1) is 11.3 Å². The summed E-state index contributed by atoms with van der Waals surface area (Å²) >= 11 is 5.21. The summed E-state index contributed by atoms with van der Waals surface area (Å²) in [7, 11) is 0. The normalized spacial score (nSPS) is 25.1. The van der Waals surface area contributed by atoms with Crippen LogP contribution in [-0.2, 0) is 6.54 Å². The largest absolute Gasteiger partial charge is 0.396 e. The van der Waals surface area contributed by atoms with E-state index in [1.807, 2.05) is 0 Å². The van der Waals surface area contributed by atoms with E-state index >= 15 is 0 Å². The lowest BCUT2D eigenvalue weighted by atomic mass is 9.79. The second-order valence-electron chi connectivity index (χ2n) is 4.88. The molecule has 0 aliphatic heterocycles. The first-order chi connectivity index (χ1) is 8.29. The van der Waals surface area contributed by atoms with Crippen molar-refractivity contribution in [3.63, 3.8) is 0 Å². The number of aliphatic hydroxyl groups is 1. The lowest BCUT2D eigenvalue weighted by Gasteiger charge is -2.30. The Morgan fingerprint density at radius 2 is 2.12 bits per heavy atom. The molecule has 1 aliphatic rings. The Hall–Kier alpha value is 0.100. The highest BCUT2D eigenvalue weighted by atomic mass is 79.9. The minimum absolute atomic E-state index is 0.357. The van der Waals surface area contributed by atoms with Gasteiger partial charge in [0.05, 0.1) is 3.79 Å². The zero-order chi connectivity index (χ0) is 12.1. The third kappa shape index (κ3) is 4.05. The molecule has 0 saturated heterocycles. The monoisotopic (exact) mass is 317 g/mol. The predicted molar refractivity (Wildman–Crippen MR) is 76.3 cm³/mol. The van der Waals surface area contributed by atoms with Gasteiger partial charge in [-0.05, 0) is 64.2 Å². The maximum Gasteiger partial charge on any atom is 0.0701 e. The Morgan fingerprint density at radius 3 is 2.76 bits per heavy atom. The number of hydrogen-bond acceptors (Lipinski definition) is 3. The van der Waals surface area contributed by atoms with Crippen LogP contribution >= 0.6 is 27.3 Å². The minimum Gasteiger partial charge on any atom is -0.396 e. The summed E-state index contributed by atoms with van der Waals surface area (Å²) in [6, 6.07) is 2.17. The Balaban J connectivity index is 1.73. The molecule has 1 saturated carbocycles. The molecule has 2 N–H and O–H groups in total. The summed E-state index contributed by atoms with van der Waals surface area (Å²) in [4.78, 5) is 0. The van der Waals surface area contributed by atoms with Crippen LogP contribution in [0.4, 0.5) is 0 Å². The van der Waals surface area contributed by atoms with E-state index in [2.05, 4.69) is 32.7 Å². The number of rotatable bonds is 5. The molecule has 0 spiro atoms. The molecule has 96 valence electrons. The van der Waals surface area contributed by atoms with E-state index < -0.39 is 0 Å². The van der Waals surface area contributed by atoms with Crippen molar-refractivity contribution in [1.82, 2.24) is 5.32 Å². The van der Waals surface area contributed by atoms with Gasteiger partial charge in [-0.2, -0.15) is 0 Å². The Bertz CT molecular complexity index is 342. The smallest absolute Gasteiger partial charge is 0.0701 e. The van der Waals surface area contributed by atoms with Gasteiger partial charge in [0, 0.05) is 13.2 Å². The van der Waals surface area contributed by atoms with Gasteiger partial charge < -0.3 is 10.4 Å². The average molecular weight is 318 g/mol. The van der Waals surface area contributed by atoms with Gasteiger partial charge in [0.25, 0.3) is 0 Å². The molecule has 1 aromatic rings. The maximum atomic E-state index is 9.35. The molecule has 2 unspecified atom stereocenters. The summed E-state index contributed by atoms with van der Waals surface area (Å²) < 4.78 is 1.19. The first kappa shape index (κ1) is 13.5. The average Bonchev–Trinajstić information content (AvgIpc) is 2.76. The Morgan fingerprint density at radius 1 is 1.35 bits per heavy atom. The molecule has 1 aliphatic carbocycles. The number of thiophene rings is 1. The Kier molecular flexibility index (Phi) is 5.48. The molecule has 0 amide bonds. The first-order valence-electron chi connectivity index (χ1n) is 6.34. The second-order valence-corrected chi connectivity index (χ2v) is 7.17. The van der Waals surface area contributed by atoms with Crippen LogP contribution in [0.15, 0.2) is 15.2 Å². The summed E-state index contributed by atoms with van der Waals surface area (Å²) in [6.07, 6.45) is 5.09. The van der Waals surface area contributed by atoms with Gasteiger partial charge >= 0.3 is 0 Å². The molecule has 1 heterocycles. The SMILES string of the molecule is OCC1CCCCC1CNCc1csc(Br)c1. The fourth-order valence-electron chi connectivity index (χ4n) is 2.63. The zero-order valence-corrected chi connectivity index (χ0v) is 12.4. The summed E-state index contributed by atoms with van der Waals surface area (Å²) in [6.45, 7) is 2.34. The van der Waals surface area contributed by atoms with Gasteiger partial charge in [-0.25, -0.2) is 0 Å². The molecular weight excluding hydrogens is 298 g/mol. The van der Waals surface area contributed by atoms with Crippen molar-refractivity contribution in [2.24, 2.45) is 11.8 Å². The van der Waals surface area contributed by atoms with E-state index in [-0.39, 0.29) is 0 Å². The molecular formula is C13H20BrNOS. The molecule has 17 heavy (non-hydrogen) atoms. The molecule has 1 aromatic heterocycles. The van der Waals surface area contributed by atoms with Crippen LogP contribution in [0.5, 0.6) is 0 Å². The van der Waals surface area contributed by atoms with Crippen LogP contribution in [0.3, 0.4) is 0 Å². The lowest BCUT2D eigenvalue weighted by molar-refractivity contribution is 0.133. The summed E-state index contributed by atoms with van der Waals surface area (Å²) in [5, 5.41) is 15.1. The van der Waals surface area contributed by atoms with Gasteiger partial charge in [0.15, 0.2) is 0 Å². The van der Waals surface area contributed by atoms with Crippen molar-refractivity contribution in [3.05, 3.63) is 20.8 Å². The van der Waals surface area contributed by atoms with Crippen molar-refractivity contribution >= 4 is 27.3 Å². The van der Waals surface area contributed by atoms with Crippen LogP contribution in [0.1, 0.15) is 31.2 Å². The molecule has 4 heteroatoms. The van der Waals surface area contributed by atoms with E-state index in [0.717, 1.165) is 13.1 Å². The van der Waals surface area contributed by atoms with Crippen LogP contribution in [0, 0.1) is 11.8 Å². The minimum atomic E-state index is 0.357. The standard InChI is InChI=1S/C13H20BrNOS/c14-13-5-10(9-17-13)6-15-7-11-3-1-2-4-12(11)8-16/h5,9,11-12,15-16H,1-4,6-8H2. The molecule has 0 bridgehead atoms. The van der Waals surface area contributed by atoms with Crippen molar-refractivity contribution in [1.29, 1.82) is 0 Å². The van der Waals surface area contributed by atoms with Crippen LogP contribution in [0.25, 0.3) is 0 Å². The quantitative estimate of drug-likeness (QED) is 0.872. The van der Waals surface area contributed by atoms with E-state index in [1.54, 1.807) is 11.3 Å². The molecule has 2 nitrogen and oxygen atoms in total. The summed E-state index contributed by atoms with van der Waals surface area (Å²) in [5.41, 5.74) is 1.35. The topological polar surface area (TPSA) is 32.3 Å². The number of aliphatic hydroxyl groups excluding tert-OH is 1. The highest BCUT2D eigenvalue weighted by molar-refractivity contribution is 9.11. The van der Waals surface area contributed by atoms with E-state index in [4.69, 9.17) is 0 Å². The number of halogens is 1. The molecule has 2 atom stereocenters. The van der Waals surface area contributed by atoms with Crippen molar-refractivity contribution in [2.45, 2.75) is 32.2 Å². The lowest BCUT2D eigenvalue weighted by Crippen LogP contribution is -2.32. The second kappa shape index (κ2) is 6.88. The van der Waals surface area contributed by atoms with Gasteiger partial charge in [-0.3, -0.25) is 0 Å². The fourth-order valence-corrected chi connectivity index (χ4v) is 3.84. The predicted octanol–water partition coefficient (Wildman–Crippen LogP) is 3.40. The number of hydrogen-bond donors (Lipinski definition) is 2. The van der Waals surface area contributed by atoms with Crippen molar-refractivity contribution < 1.29 is 5.11 Å². The molecule has 2 rings (SSSR count).